The number of hydrogen-bond acceptors (Lipinski definition) is 9. The first kappa shape index (κ1) is 33.9. The lowest BCUT2D eigenvalue weighted by molar-refractivity contribution is -0.151. The second kappa shape index (κ2) is 17.5. The van der Waals surface area contributed by atoms with Crippen molar-refractivity contribution in [3.8, 4) is 17.6 Å². The first-order valence-electron chi connectivity index (χ1n) is 13.8. The average molecular weight is 605 g/mol. The molecule has 0 bridgehead atoms. The Kier molecular flexibility index (Phi) is 14.5. The van der Waals surface area contributed by atoms with Crippen LogP contribution >= 0.6 is 23.7 Å². The monoisotopic (exact) mass is 604 g/mol. The smallest absolute Gasteiger partial charge is 0.306 e. The minimum Gasteiger partial charge on any atom is -0.493 e. The van der Waals surface area contributed by atoms with Crippen LogP contribution in [0.3, 0.4) is 0 Å². The van der Waals surface area contributed by atoms with Crippen LogP contribution in [0.2, 0.25) is 0 Å². The molecular weight excluding hydrogens is 564 g/mol. The van der Waals surface area contributed by atoms with Gasteiger partial charge in [0.05, 0.1) is 37.3 Å². The lowest BCUT2D eigenvalue weighted by Crippen LogP contribution is -2.37. The van der Waals surface area contributed by atoms with Crippen LogP contribution in [-0.2, 0) is 14.3 Å². The second-order valence-corrected chi connectivity index (χ2v) is 10.6. The Morgan fingerprint density at radius 2 is 1.80 bits per heavy atom. The number of nitrogens with one attached hydrogen (secondary N) is 1. The topological polar surface area (TPSA) is 104 Å². The maximum absolute atomic E-state index is 12.3. The molecule has 2 heterocycles. The minimum atomic E-state index is -0.319. The van der Waals surface area contributed by atoms with Crippen molar-refractivity contribution in [1.82, 2.24) is 10.2 Å². The number of hydrogen-bond donors (Lipinski definition) is 1. The van der Waals surface area contributed by atoms with Gasteiger partial charge in [0, 0.05) is 50.3 Å². The number of carbonyl (C=O) groups excluding carboxylic acids is 2. The number of rotatable bonds is 14. The molecule has 3 rings (SSSR count). The van der Waals surface area contributed by atoms with Gasteiger partial charge in [-0.25, -0.2) is 0 Å². The largest absolute Gasteiger partial charge is 0.493 e. The Hall–Kier alpha value is -3.26. The highest BCUT2D eigenvalue weighted by atomic mass is 35.5. The molecule has 0 spiro atoms. The zero-order chi connectivity index (χ0) is 28.9. The van der Waals surface area contributed by atoms with E-state index in [4.69, 9.17) is 14.2 Å². The van der Waals surface area contributed by atoms with Crippen LogP contribution in [0.15, 0.2) is 30.3 Å². The van der Waals surface area contributed by atoms with Gasteiger partial charge in [0.2, 0.25) is 5.91 Å². The van der Waals surface area contributed by atoms with Gasteiger partial charge >= 0.3 is 5.97 Å². The number of ether oxygens (including phenoxy) is 3. The molecule has 1 aliphatic heterocycles. The molecule has 1 aromatic heterocycles. The summed E-state index contributed by atoms with van der Waals surface area (Å²) in [6, 6.07) is 11.8. The zero-order valence-corrected chi connectivity index (χ0v) is 25.9. The van der Waals surface area contributed by atoms with E-state index in [0.717, 1.165) is 61.0 Å². The van der Waals surface area contributed by atoms with Crippen molar-refractivity contribution in [2.24, 2.45) is 0 Å². The number of amides is 1. The number of benzene rings is 1. The van der Waals surface area contributed by atoms with Crippen LogP contribution < -0.4 is 19.7 Å². The minimum absolute atomic E-state index is 0. The number of methoxy groups -OCH3 is 2. The molecule has 1 amide bonds. The van der Waals surface area contributed by atoms with Crippen molar-refractivity contribution in [2.45, 2.75) is 45.6 Å². The maximum atomic E-state index is 12.3. The standard InChI is InChI=1S/C30H40N4O5S.ClH/c1-5-33(6-2)18-15-32-28(35)10-12-30(36)39-24-13-16-34(17-14-24)29-11-8-25(40-29)19-23(21-31)22-7-9-26(37-3)27(20-22)38-4;/h7-9,11,19-20,24H,5-6,10,12-18H2,1-4H3,(H,32,35);1H/b23-19+;. The Morgan fingerprint density at radius 3 is 2.44 bits per heavy atom. The predicted octanol–water partition coefficient (Wildman–Crippen LogP) is 5.00. The lowest BCUT2D eigenvalue weighted by Gasteiger charge is -2.32. The van der Waals surface area contributed by atoms with Gasteiger partial charge in [-0.3, -0.25) is 9.59 Å². The van der Waals surface area contributed by atoms with Crippen molar-refractivity contribution in [3.63, 3.8) is 0 Å². The molecule has 0 atom stereocenters. The molecule has 41 heavy (non-hydrogen) atoms. The van der Waals surface area contributed by atoms with Gasteiger partial charge in [-0.2, -0.15) is 5.26 Å². The highest BCUT2D eigenvalue weighted by Gasteiger charge is 2.23. The molecule has 1 aliphatic rings. The average Bonchev–Trinajstić information content (AvgIpc) is 3.45. The number of piperidine rings is 1. The maximum Gasteiger partial charge on any atom is 0.306 e. The number of thiophene rings is 1. The van der Waals surface area contributed by atoms with E-state index in [2.05, 4.69) is 41.1 Å². The third-order valence-corrected chi connectivity index (χ3v) is 8.06. The predicted molar refractivity (Wildman–Crippen MR) is 166 cm³/mol. The van der Waals surface area contributed by atoms with Crippen LogP contribution in [0.5, 0.6) is 11.5 Å². The van der Waals surface area contributed by atoms with Crippen LogP contribution in [0.4, 0.5) is 5.00 Å². The summed E-state index contributed by atoms with van der Waals surface area (Å²) in [4.78, 5) is 29.8. The number of nitriles is 1. The number of esters is 1. The van der Waals surface area contributed by atoms with E-state index in [1.54, 1.807) is 37.7 Å². The molecule has 0 unspecified atom stereocenters. The number of likely N-dealkylation sites (N-methyl/N-ethyl adjacent to an activating group) is 1. The van der Waals surface area contributed by atoms with Gasteiger partial charge in [0.25, 0.3) is 0 Å². The van der Waals surface area contributed by atoms with Gasteiger partial charge in [-0.1, -0.05) is 13.8 Å². The Balaban J connectivity index is 0.00000588. The van der Waals surface area contributed by atoms with Crippen LogP contribution in [-0.4, -0.2) is 76.4 Å². The van der Waals surface area contributed by atoms with E-state index in [0.29, 0.717) is 23.6 Å². The molecule has 1 aromatic carbocycles. The summed E-state index contributed by atoms with van der Waals surface area (Å²) in [5.41, 5.74) is 1.30. The van der Waals surface area contributed by atoms with Crippen LogP contribution in [0.25, 0.3) is 11.6 Å². The normalized spacial score (nSPS) is 13.8. The Morgan fingerprint density at radius 1 is 1.10 bits per heavy atom. The second-order valence-electron chi connectivity index (χ2n) is 9.47. The number of halogens is 1. The molecular formula is C30H41ClN4O5S. The molecule has 1 saturated heterocycles. The van der Waals surface area contributed by atoms with Crippen LogP contribution in [0.1, 0.15) is 50.0 Å². The summed E-state index contributed by atoms with van der Waals surface area (Å²) in [6.07, 6.45) is 3.46. The Bertz CT molecular complexity index is 1200. The molecule has 1 fully saturated rings. The third-order valence-electron chi connectivity index (χ3n) is 6.97. The van der Waals surface area contributed by atoms with Gasteiger partial charge in [-0.05, 0) is 55.1 Å². The molecule has 0 saturated carbocycles. The van der Waals surface area contributed by atoms with Crippen molar-refractivity contribution >= 4 is 52.3 Å². The molecule has 9 nitrogen and oxygen atoms in total. The summed E-state index contributed by atoms with van der Waals surface area (Å²) in [5.74, 6) is 0.751. The molecule has 1 N–H and O–H groups in total. The van der Waals surface area contributed by atoms with Crippen LogP contribution in [0, 0.1) is 11.3 Å². The Labute approximate surface area is 253 Å². The fourth-order valence-corrected chi connectivity index (χ4v) is 5.55. The number of carbonyl (C=O) groups is 2. The fraction of sp³-hybridized carbons (Fsp3) is 0.500. The fourth-order valence-electron chi connectivity index (χ4n) is 4.55. The van der Waals surface area contributed by atoms with Crippen molar-refractivity contribution < 1.29 is 23.8 Å². The molecule has 11 heteroatoms. The van der Waals surface area contributed by atoms with E-state index < -0.39 is 0 Å². The van der Waals surface area contributed by atoms with Crippen molar-refractivity contribution in [1.29, 1.82) is 5.26 Å². The first-order valence-corrected chi connectivity index (χ1v) is 14.6. The highest BCUT2D eigenvalue weighted by molar-refractivity contribution is 7.17. The van der Waals surface area contributed by atoms with Gasteiger partial charge < -0.3 is 29.3 Å². The summed E-state index contributed by atoms with van der Waals surface area (Å²) < 4.78 is 16.3. The first-order chi connectivity index (χ1) is 19.4. The summed E-state index contributed by atoms with van der Waals surface area (Å²) in [5, 5.41) is 13.8. The van der Waals surface area contributed by atoms with Gasteiger partial charge in [-0.15, -0.1) is 23.7 Å². The van der Waals surface area contributed by atoms with Gasteiger partial charge in [0.15, 0.2) is 11.5 Å². The number of allylic oxidation sites excluding steroid dienone is 1. The molecule has 224 valence electrons. The van der Waals surface area contributed by atoms with E-state index >= 15 is 0 Å². The third kappa shape index (κ3) is 10.3. The molecule has 0 radical (unpaired) electrons. The summed E-state index contributed by atoms with van der Waals surface area (Å²) in [6.45, 7) is 9.02. The summed E-state index contributed by atoms with van der Waals surface area (Å²) in [7, 11) is 3.15. The van der Waals surface area contributed by atoms with E-state index in [9.17, 15) is 14.9 Å². The van der Waals surface area contributed by atoms with E-state index in [1.807, 2.05) is 18.2 Å². The lowest BCUT2D eigenvalue weighted by atomic mass is 10.1. The van der Waals surface area contributed by atoms with Gasteiger partial charge in [0.1, 0.15) is 6.10 Å². The van der Waals surface area contributed by atoms with Crippen molar-refractivity contribution in [3.05, 3.63) is 40.8 Å². The zero-order valence-electron chi connectivity index (χ0n) is 24.3. The highest BCUT2D eigenvalue weighted by Crippen LogP contribution is 2.34. The summed E-state index contributed by atoms with van der Waals surface area (Å²) >= 11 is 1.62. The van der Waals surface area contributed by atoms with Crippen molar-refractivity contribution in [2.75, 3.05) is 58.4 Å². The SMILES string of the molecule is CCN(CC)CCNC(=O)CCC(=O)OC1CCN(c2ccc(/C=C(\C#N)c3ccc(OC)c(OC)c3)s2)CC1.Cl. The quantitative estimate of drug-likeness (QED) is 0.237. The van der Waals surface area contributed by atoms with E-state index in [-0.39, 0.29) is 43.2 Å². The molecule has 2 aromatic rings. The van der Waals surface area contributed by atoms with E-state index in [1.165, 1.54) is 0 Å². The number of anilines is 1. The number of nitrogens with zero attached hydrogens (tertiary/aromatic N) is 3. The molecule has 0 aliphatic carbocycles.